The number of aliphatic hydroxyl groups excluding tert-OH is 1. The number of likely N-dealkylation sites (tertiary alicyclic amines) is 1. The second-order valence-corrected chi connectivity index (χ2v) is 7.46. The molecular weight excluding hydrogens is 439 g/mol. The van der Waals surface area contributed by atoms with Gasteiger partial charge in [-0.1, -0.05) is 43.5 Å². The number of nitrogens with two attached hydrogens (primary N) is 1. The van der Waals surface area contributed by atoms with E-state index < -0.39 is 0 Å². The summed E-state index contributed by atoms with van der Waals surface area (Å²) in [5.74, 6) is 0.572. The number of nitrogens with one attached hydrogen (secondary N) is 1. The lowest BCUT2D eigenvalue weighted by atomic mass is 9.96. The fourth-order valence-electron chi connectivity index (χ4n) is 3.86. The largest absolute Gasteiger partial charge is 0.393 e. The molecule has 146 valence electrons. The summed E-state index contributed by atoms with van der Waals surface area (Å²) < 4.78 is 0. The molecule has 1 aliphatic carbocycles. The summed E-state index contributed by atoms with van der Waals surface area (Å²) in [7, 11) is 0. The Balaban J connectivity index is 0.00000243. The van der Waals surface area contributed by atoms with Crippen molar-refractivity contribution in [2.45, 2.75) is 70.2 Å². The smallest absolute Gasteiger partial charge is 0.189 e. The van der Waals surface area contributed by atoms with Gasteiger partial charge in [-0.25, -0.2) is 4.99 Å². The number of rotatable bonds is 5. The van der Waals surface area contributed by atoms with E-state index in [-0.39, 0.29) is 30.1 Å². The van der Waals surface area contributed by atoms with E-state index in [4.69, 9.17) is 5.73 Å². The third-order valence-corrected chi connectivity index (χ3v) is 5.45. The molecule has 1 aromatic rings. The van der Waals surface area contributed by atoms with E-state index in [1.165, 1.54) is 43.2 Å². The van der Waals surface area contributed by atoms with Crippen LogP contribution < -0.4 is 11.1 Å². The minimum Gasteiger partial charge on any atom is -0.393 e. The first-order chi connectivity index (χ1) is 12.2. The van der Waals surface area contributed by atoms with Gasteiger partial charge in [0.05, 0.1) is 12.6 Å². The third kappa shape index (κ3) is 6.70. The van der Waals surface area contributed by atoms with Gasteiger partial charge in [0.1, 0.15) is 0 Å². The fourth-order valence-corrected chi connectivity index (χ4v) is 3.86. The summed E-state index contributed by atoms with van der Waals surface area (Å²) in [5, 5.41) is 13.0. The number of hydrogen-bond acceptors (Lipinski definition) is 3. The summed E-state index contributed by atoms with van der Waals surface area (Å²) in [6.45, 7) is 3.47. The predicted octanol–water partition coefficient (Wildman–Crippen LogP) is 3.00. The van der Waals surface area contributed by atoms with Crippen molar-refractivity contribution in [1.82, 2.24) is 10.2 Å². The molecule has 0 aromatic heterocycles. The van der Waals surface area contributed by atoms with Crippen molar-refractivity contribution in [3.63, 3.8) is 0 Å². The van der Waals surface area contributed by atoms with Gasteiger partial charge in [-0.3, -0.25) is 4.90 Å². The molecule has 0 radical (unpaired) electrons. The highest BCUT2D eigenvalue weighted by molar-refractivity contribution is 14.0. The molecule has 0 atom stereocenters. The fraction of sp³-hybridized carbons (Fsp3) is 0.650. The maximum Gasteiger partial charge on any atom is 0.189 e. The first-order valence-electron chi connectivity index (χ1n) is 9.74. The van der Waals surface area contributed by atoms with Crippen LogP contribution in [-0.4, -0.2) is 41.2 Å². The Bertz CT molecular complexity index is 567. The Morgan fingerprint density at radius 3 is 2.42 bits per heavy atom. The predicted molar refractivity (Wildman–Crippen MR) is 118 cm³/mol. The summed E-state index contributed by atoms with van der Waals surface area (Å²) in [6, 6.07) is 8.98. The molecule has 3 rings (SSSR count). The molecule has 6 heteroatoms. The van der Waals surface area contributed by atoms with E-state index >= 15 is 0 Å². The molecule has 2 fully saturated rings. The van der Waals surface area contributed by atoms with Crippen molar-refractivity contribution < 1.29 is 5.11 Å². The molecule has 0 bridgehead atoms. The SMILES string of the molecule is I.NC(=NCc1ccccc1CN1CCC(O)CC1)NC1CCCCC1. The molecule has 0 amide bonds. The minimum atomic E-state index is -0.123. The summed E-state index contributed by atoms with van der Waals surface area (Å²) in [5.41, 5.74) is 8.65. The van der Waals surface area contributed by atoms with Crippen molar-refractivity contribution in [3.05, 3.63) is 35.4 Å². The quantitative estimate of drug-likeness (QED) is 0.350. The van der Waals surface area contributed by atoms with Crippen LogP contribution in [0.25, 0.3) is 0 Å². The first kappa shape index (κ1) is 21.4. The normalized spacial score (nSPS) is 20.6. The van der Waals surface area contributed by atoms with Crippen LogP contribution in [0.15, 0.2) is 29.3 Å². The molecule has 0 unspecified atom stereocenters. The number of nitrogens with zero attached hydrogens (tertiary/aromatic N) is 2. The van der Waals surface area contributed by atoms with Gasteiger partial charge in [0.2, 0.25) is 0 Å². The molecule has 2 aliphatic rings. The maximum atomic E-state index is 9.66. The van der Waals surface area contributed by atoms with Crippen LogP contribution in [0.2, 0.25) is 0 Å². The zero-order valence-corrected chi connectivity index (χ0v) is 17.9. The standard InChI is InChI=1S/C20H32N4O.HI/c21-20(23-18-8-2-1-3-9-18)22-14-16-6-4-5-7-17(16)15-24-12-10-19(25)11-13-24;/h4-7,18-19,25H,1-3,8-15H2,(H3,21,22,23);1H. The van der Waals surface area contributed by atoms with Gasteiger partial charge in [0.15, 0.2) is 5.96 Å². The number of benzene rings is 1. The first-order valence-corrected chi connectivity index (χ1v) is 9.74. The molecular formula is C20H33IN4O. The molecule has 26 heavy (non-hydrogen) atoms. The topological polar surface area (TPSA) is 73.9 Å². The lowest BCUT2D eigenvalue weighted by Gasteiger charge is -2.30. The minimum absolute atomic E-state index is 0. The van der Waals surface area contributed by atoms with Crippen molar-refractivity contribution in [2.24, 2.45) is 10.7 Å². The van der Waals surface area contributed by atoms with E-state index in [0.717, 1.165) is 32.5 Å². The highest BCUT2D eigenvalue weighted by atomic mass is 127. The second kappa shape index (κ2) is 11.1. The highest BCUT2D eigenvalue weighted by Crippen LogP contribution is 2.18. The molecule has 1 aromatic carbocycles. The third-order valence-electron chi connectivity index (χ3n) is 5.45. The molecule has 1 heterocycles. The summed E-state index contributed by atoms with van der Waals surface area (Å²) >= 11 is 0. The average molecular weight is 472 g/mol. The van der Waals surface area contributed by atoms with Crippen molar-refractivity contribution >= 4 is 29.9 Å². The van der Waals surface area contributed by atoms with Crippen LogP contribution in [0.4, 0.5) is 0 Å². The van der Waals surface area contributed by atoms with Gasteiger partial charge < -0.3 is 16.2 Å². The molecule has 4 N–H and O–H groups in total. The van der Waals surface area contributed by atoms with Gasteiger partial charge >= 0.3 is 0 Å². The number of halogens is 1. The molecule has 1 saturated heterocycles. The lowest BCUT2D eigenvalue weighted by molar-refractivity contribution is 0.0791. The van der Waals surface area contributed by atoms with E-state index in [1.807, 2.05) is 0 Å². The number of aliphatic imine (C=N–C) groups is 1. The average Bonchev–Trinajstić information content (AvgIpc) is 2.64. The van der Waals surface area contributed by atoms with Gasteiger partial charge in [-0.2, -0.15) is 0 Å². The zero-order valence-electron chi connectivity index (χ0n) is 15.6. The zero-order chi connectivity index (χ0) is 17.5. The number of piperidine rings is 1. The molecule has 5 nitrogen and oxygen atoms in total. The van der Waals surface area contributed by atoms with Crippen molar-refractivity contribution in [3.8, 4) is 0 Å². The Labute approximate surface area is 174 Å². The van der Waals surface area contributed by atoms with Crippen molar-refractivity contribution in [1.29, 1.82) is 0 Å². The van der Waals surface area contributed by atoms with Crippen LogP contribution >= 0.6 is 24.0 Å². The van der Waals surface area contributed by atoms with Crippen LogP contribution in [0, 0.1) is 0 Å². The van der Waals surface area contributed by atoms with Crippen molar-refractivity contribution in [2.75, 3.05) is 13.1 Å². The maximum absolute atomic E-state index is 9.66. The molecule has 1 saturated carbocycles. The highest BCUT2D eigenvalue weighted by Gasteiger charge is 2.18. The van der Waals surface area contributed by atoms with Crippen LogP contribution in [0.1, 0.15) is 56.1 Å². The van der Waals surface area contributed by atoms with Crippen LogP contribution in [0.3, 0.4) is 0 Å². The second-order valence-electron chi connectivity index (χ2n) is 7.46. The van der Waals surface area contributed by atoms with E-state index in [2.05, 4.69) is 39.5 Å². The Hall–Kier alpha value is -0.860. The monoisotopic (exact) mass is 472 g/mol. The Morgan fingerprint density at radius 1 is 1.08 bits per heavy atom. The summed E-state index contributed by atoms with van der Waals surface area (Å²) in [4.78, 5) is 6.99. The Morgan fingerprint density at radius 2 is 1.73 bits per heavy atom. The van der Waals surface area contributed by atoms with Crippen LogP contribution in [-0.2, 0) is 13.1 Å². The van der Waals surface area contributed by atoms with Gasteiger partial charge in [0.25, 0.3) is 0 Å². The number of guanidine groups is 1. The van der Waals surface area contributed by atoms with Gasteiger partial charge in [0, 0.05) is 25.7 Å². The van der Waals surface area contributed by atoms with E-state index in [1.54, 1.807) is 0 Å². The Kier molecular flexibility index (Phi) is 9.15. The van der Waals surface area contributed by atoms with Gasteiger partial charge in [-0.15, -0.1) is 24.0 Å². The van der Waals surface area contributed by atoms with Crippen LogP contribution in [0.5, 0.6) is 0 Å². The summed E-state index contributed by atoms with van der Waals surface area (Å²) in [6.07, 6.45) is 7.95. The van der Waals surface area contributed by atoms with E-state index in [9.17, 15) is 5.11 Å². The molecule has 0 spiro atoms. The number of aliphatic hydroxyl groups is 1. The van der Waals surface area contributed by atoms with E-state index in [0.29, 0.717) is 18.5 Å². The lowest BCUT2D eigenvalue weighted by Crippen LogP contribution is -2.41. The molecule has 1 aliphatic heterocycles. The van der Waals surface area contributed by atoms with Gasteiger partial charge in [-0.05, 0) is 36.8 Å². The number of hydrogen-bond donors (Lipinski definition) is 3.